The third-order valence-electron chi connectivity index (χ3n) is 1.61. The second-order valence-electron chi connectivity index (χ2n) is 2.57. The number of nitrogens with two attached hydrogens (primary N) is 1. The van der Waals surface area contributed by atoms with E-state index in [4.69, 9.17) is 10.3 Å². The van der Waals surface area contributed by atoms with Crippen molar-refractivity contribution in [3.05, 3.63) is 24.2 Å². The first-order chi connectivity index (χ1) is 6.27. The fourth-order valence-corrected chi connectivity index (χ4v) is 1.02. The first-order valence-corrected chi connectivity index (χ1v) is 3.78. The van der Waals surface area contributed by atoms with E-state index in [0.29, 0.717) is 23.1 Å². The van der Waals surface area contributed by atoms with Crippen molar-refractivity contribution in [3.8, 4) is 11.4 Å². The third kappa shape index (κ3) is 1.35. The molecule has 13 heavy (non-hydrogen) atoms. The summed E-state index contributed by atoms with van der Waals surface area (Å²) in [6.07, 6.45) is 1.62. The third-order valence-corrected chi connectivity index (χ3v) is 1.61. The highest BCUT2D eigenvalue weighted by atomic mass is 16.5. The van der Waals surface area contributed by atoms with Gasteiger partial charge in [-0.2, -0.15) is 4.98 Å². The number of hydrogen-bond donors (Lipinski definition) is 1. The van der Waals surface area contributed by atoms with E-state index in [-0.39, 0.29) is 0 Å². The van der Waals surface area contributed by atoms with Crippen molar-refractivity contribution < 1.29 is 4.52 Å². The largest absolute Gasteiger partial charge is 0.383 e. The van der Waals surface area contributed by atoms with Crippen molar-refractivity contribution in [2.24, 2.45) is 0 Å². The van der Waals surface area contributed by atoms with Crippen LogP contribution in [-0.2, 0) is 0 Å². The van der Waals surface area contributed by atoms with Gasteiger partial charge >= 0.3 is 0 Å². The summed E-state index contributed by atoms with van der Waals surface area (Å²) in [5, 5.41) is 3.74. The van der Waals surface area contributed by atoms with Crippen LogP contribution in [0.4, 0.5) is 5.82 Å². The Hall–Kier alpha value is -1.91. The molecule has 2 N–H and O–H groups in total. The predicted octanol–water partition coefficient (Wildman–Crippen LogP) is 1.02. The molecule has 0 saturated carbocycles. The topological polar surface area (TPSA) is 77.8 Å². The molecule has 0 atom stereocenters. The molecular formula is C8H8N4O. The first-order valence-electron chi connectivity index (χ1n) is 3.78. The maximum absolute atomic E-state index is 5.63. The predicted molar refractivity (Wildman–Crippen MR) is 46.7 cm³/mol. The van der Waals surface area contributed by atoms with Crippen LogP contribution in [0, 0.1) is 6.92 Å². The number of anilines is 1. The molecule has 2 heterocycles. The highest BCUT2D eigenvalue weighted by molar-refractivity contribution is 5.67. The van der Waals surface area contributed by atoms with Crippen molar-refractivity contribution in [2.45, 2.75) is 6.92 Å². The zero-order valence-corrected chi connectivity index (χ0v) is 7.06. The Morgan fingerprint density at radius 1 is 1.46 bits per heavy atom. The van der Waals surface area contributed by atoms with E-state index >= 15 is 0 Å². The van der Waals surface area contributed by atoms with Gasteiger partial charge in [0.05, 0.1) is 5.56 Å². The van der Waals surface area contributed by atoms with E-state index < -0.39 is 0 Å². The highest BCUT2D eigenvalue weighted by Gasteiger charge is 2.08. The summed E-state index contributed by atoms with van der Waals surface area (Å²) < 4.78 is 4.83. The van der Waals surface area contributed by atoms with Crippen molar-refractivity contribution in [1.29, 1.82) is 0 Å². The molecule has 0 bridgehead atoms. The summed E-state index contributed by atoms with van der Waals surface area (Å²) in [5.41, 5.74) is 6.32. The zero-order chi connectivity index (χ0) is 9.26. The molecule has 2 aromatic heterocycles. The van der Waals surface area contributed by atoms with Gasteiger partial charge in [-0.1, -0.05) is 5.16 Å². The van der Waals surface area contributed by atoms with Gasteiger partial charge in [0.25, 0.3) is 0 Å². The number of nitrogen functional groups attached to an aromatic ring is 1. The van der Waals surface area contributed by atoms with Crippen LogP contribution in [0.3, 0.4) is 0 Å². The first kappa shape index (κ1) is 7.72. The molecule has 5 nitrogen and oxygen atoms in total. The number of hydrogen-bond acceptors (Lipinski definition) is 5. The van der Waals surface area contributed by atoms with Crippen molar-refractivity contribution in [2.75, 3.05) is 5.73 Å². The second kappa shape index (κ2) is 2.85. The summed E-state index contributed by atoms with van der Waals surface area (Å²) in [4.78, 5) is 7.96. The fraction of sp³-hybridized carbons (Fsp3) is 0.125. The second-order valence-corrected chi connectivity index (χ2v) is 2.57. The molecule has 0 saturated heterocycles. The summed E-state index contributed by atoms with van der Waals surface area (Å²) >= 11 is 0. The van der Waals surface area contributed by atoms with Crippen LogP contribution in [0.2, 0.25) is 0 Å². The molecule has 2 rings (SSSR count). The molecule has 0 unspecified atom stereocenters. The van der Waals surface area contributed by atoms with Gasteiger partial charge in [-0.25, -0.2) is 4.98 Å². The molecular weight excluding hydrogens is 168 g/mol. The van der Waals surface area contributed by atoms with Crippen molar-refractivity contribution in [1.82, 2.24) is 15.1 Å². The molecule has 2 aromatic rings. The van der Waals surface area contributed by atoms with Crippen LogP contribution in [-0.4, -0.2) is 15.1 Å². The summed E-state index contributed by atoms with van der Waals surface area (Å²) in [6, 6.07) is 3.57. The monoisotopic (exact) mass is 176 g/mol. The van der Waals surface area contributed by atoms with E-state index in [0.717, 1.165) is 0 Å². The SMILES string of the molecule is Cc1nc(-c2cccnc2N)no1. The average Bonchev–Trinajstić information content (AvgIpc) is 2.53. The van der Waals surface area contributed by atoms with Crippen LogP contribution < -0.4 is 5.73 Å². The zero-order valence-electron chi connectivity index (χ0n) is 7.06. The maximum atomic E-state index is 5.63. The number of pyridine rings is 1. The molecule has 0 radical (unpaired) electrons. The minimum Gasteiger partial charge on any atom is -0.383 e. The van der Waals surface area contributed by atoms with Gasteiger partial charge in [0.2, 0.25) is 11.7 Å². The van der Waals surface area contributed by atoms with Gasteiger partial charge in [-0.15, -0.1) is 0 Å². The molecule has 0 aromatic carbocycles. The standard InChI is InChI=1S/C8H8N4O/c1-5-11-8(12-13-5)6-3-2-4-10-7(6)9/h2-4H,1H3,(H2,9,10). The van der Waals surface area contributed by atoms with Crippen LogP contribution in [0.5, 0.6) is 0 Å². The van der Waals surface area contributed by atoms with Crippen molar-refractivity contribution >= 4 is 5.82 Å². The summed E-state index contributed by atoms with van der Waals surface area (Å²) in [7, 11) is 0. The van der Waals surface area contributed by atoms with E-state index in [2.05, 4.69) is 15.1 Å². The molecule has 5 heteroatoms. The average molecular weight is 176 g/mol. The van der Waals surface area contributed by atoms with Gasteiger partial charge in [-0.05, 0) is 12.1 Å². The van der Waals surface area contributed by atoms with Gasteiger partial charge in [0.15, 0.2) is 0 Å². The van der Waals surface area contributed by atoms with E-state index in [1.54, 1.807) is 25.3 Å². The van der Waals surface area contributed by atoms with E-state index in [9.17, 15) is 0 Å². The van der Waals surface area contributed by atoms with Crippen LogP contribution >= 0.6 is 0 Å². The molecule has 0 aliphatic carbocycles. The minimum atomic E-state index is 0.406. The molecule has 0 amide bonds. The molecule has 0 spiro atoms. The van der Waals surface area contributed by atoms with Crippen LogP contribution in [0.15, 0.2) is 22.9 Å². The van der Waals surface area contributed by atoms with Gasteiger partial charge in [0.1, 0.15) is 5.82 Å². The Bertz CT molecular complexity index is 424. The smallest absolute Gasteiger partial charge is 0.223 e. The molecule has 0 aliphatic heterocycles. The Kier molecular flexibility index (Phi) is 1.70. The Morgan fingerprint density at radius 3 is 2.92 bits per heavy atom. The number of aromatic nitrogens is 3. The summed E-state index contributed by atoms with van der Waals surface area (Å²) in [5.74, 6) is 1.39. The van der Waals surface area contributed by atoms with Crippen molar-refractivity contribution in [3.63, 3.8) is 0 Å². The fourth-order valence-electron chi connectivity index (χ4n) is 1.02. The van der Waals surface area contributed by atoms with Crippen LogP contribution in [0.25, 0.3) is 11.4 Å². The Morgan fingerprint density at radius 2 is 2.31 bits per heavy atom. The van der Waals surface area contributed by atoms with Gasteiger partial charge in [0, 0.05) is 13.1 Å². The van der Waals surface area contributed by atoms with Crippen LogP contribution in [0.1, 0.15) is 5.89 Å². The highest BCUT2D eigenvalue weighted by Crippen LogP contribution is 2.19. The van der Waals surface area contributed by atoms with Gasteiger partial charge < -0.3 is 10.3 Å². The summed E-state index contributed by atoms with van der Waals surface area (Å²) in [6.45, 7) is 1.73. The lowest BCUT2D eigenvalue weighted by Gasteiger charge is -1.96. The number of nitrogens with zero attached hydrogens (tertiary/aromatic N) is 3. The lowest BCUT2D eigenvalue weighted by atomic mass is 10.2. The maximum Gasteiger partial charge on any atom is 0.223 e. The Balaban J connectivity index is 2.52. The molecule has 66 valence electrons. The number of aryl methyl sites for hydroxylation is 1. The number of rotatable bonds is 1. The molecule has 0 aliphatic rings. The van der Waals surface area contributed by atoms with Gasteiger partial charge in [-0.3, -0.25) is 0 Å². The normalized spacial score (nSPS) is 10.2. The lowest BCUT2D eigenvalue weighted by Crippen LogP contribution is -1.93. The Labute approximate surface area is 74.6 Å². The van der Waals surface area contributed by atoms with E-state index in [1.807, 2.05) is 0 Å². The molecule has 0 fully saturated rings. The lowest BCUT2D eigenvalue weighted by molar-refractivity contribution is 0.394. The van der Waals surface area contributed by atoms with E-state index in [1.165, 1.54) is 0 Å². The quantitative estimate of drug-likeness (QED) is 0.701. The minimum absolute atomic E-state index is 0.406.